The molecule has 0 unspecified atom stereocenters. The monoisotopic (exact) mass is 255 g/mol. The van der Waals surface area contributed by atoms with E-state index in [1.165, 1.54) is 32.1 Å². The first kappa shape index (κ1) is 13.8. The summed E-state index contributed by atoms with van der Waals surface area (Å²) < 4.78 is 5.43. The molecule has 1 aliphatic heterocycles. The van der Waals surface area contributed by atoms with Gasteiger partial charge in [-0.2, -0.15) is 0 Å². The molecule has 2 fully saturated rings. The van der Waals surface area contributed by atoms with Crippen LogP contribution < -0.4 is 11.1 Å². The zero-order valence-electron chi connectivity index (χ0n) is 11.1. The molecule has 0 spiro atoms. The third-order valence-electron chi connectivity index (χ3n) is 4.27. The van der Waals surface area contributed by atoms with Crippen molar-refractivity contribution in [1.29, 1.82) is 0 Å². The summed E-state index contributed by atoms with van der Waals surface area (Å²) in [6.07, 6.45) is 6.19. The van der Waals surface area contributed by atoms with Crippen molar-refractivity contribution in [2.24, 2.45) is 5.73 Å². The lowest BCUT2D eigenvalue weighted by Gasteiger charge is -2.48. The van der Waals surface area contributed by atoms with Gasteiger partial charge in [0.1, 0.15) is 0 Å². The molecule has 5 nitrogen and oxygen atoms in total. The smallest absolute Gasteiger partial charge is 0.233 e. The van der Waals surface area contributed by atoms with Crippen LogP contribution in [0.3, 0.4) is 0 Å². The van der Waals surface area contributed by atoms with E-state index in [9.17, 15) is 4.79 Å². The molecule has 0 bridgehead atoms. The van der Waals surface area contributed by atoms with E-state index >= 15 is 0 Å². The van der Waals surface area contributed by atoms with Crippen molar-refractivity contribution in [2.75, 3.05) is 39.4 Å². The highest BCUT2D eigenvalue weighted by molar-refractivity contribution is 5.77. The lowest BCUT2D eigenvalue weighted by atomic mass is 9.79. The molecule has 0 atom stereocenters. The molecule has 1 aliphatic carbocycles. The van der Waals surface area contributed by atoms with Gasteiger partial charge in [-0.1, -0.05) is 19.3 Å². The first-order valence-electron chi connectivity index (χ1n) is 7.06. The Balaban J connectivity index is 1.99. The number of morpholine rings is 1. The molecule has 0 radical (unpaired) electrons. The maximum Gasteiger partial charge on any atom is 0.233 e. The fraction of sp³-hybridized carbons (Fsp3) is 0.923. The molecule has 5 heteroatoms. The highest BCUT2D eigenvalue weighted by atomic mass is 16.5. The second kappa shape index (κ2) is 6.50. The Bertz CT molecular complexity index is 271. The van der Waals surface area contributed by atoms with Crippen LogP contribution in [-0.2, 0) is 9.53 Å². The Morgan fingerprint density at radius 2 is 1.89 bits per heavy atom. The second-order valence-corrected chi connectivity index (χ2v) is 5.37. The molecule has 1 heterocycles. The SMILES string of the molecule is NCC(=O)NCC1(N2CCOCC2)CCCCC1. The average molecular weight is 255 g/mol. The van der Waals surface area contributed by atoms with Crippen molar-refractivity contribution in [3.05, 3.63) is 0 Å². The molecule has 0 aromatic heterocycles. The van der Waals surface area contributed by atoms with Gasteiger partial charge < -0.3 is 15.8 Å². The zero-order valence-corrected chi connectivity index (χ0v) is 11.1. The molecule has 1 saturated carbocycles. The summed E-state index contributed by atoms with van der Waals surface area (Å²) in [5.41, 5.74) is 5.51. The van der Waals surface area contributed by atoms with Gasteiger partial charge in [0.15, 0.2) is 0 Å². The van der Waals surface area contributed by atoms with E-state index in [0.29, 0.717) is 0 Å². The number of carbonyl (C=O) groups excluding carboxylic acids is 1. The Morgan fingerprint density at radius 3 is 2.50 bits per heavy atom. The van der Waals surface area contributed by atoms with Crippen LogP contribution in [0, 0.1) is 0 Å². The fourth-order valence-electron chi connectivity index (χ4n) is 3.19. The quantitative estimate of drug-likeness (QED) is 0.747. The van der Waals surface area contributed by atoms with Gasteiger partial charge in [-0.05, 0) is 12.8 Å². The molecule has 104 valence electrons. The summed E-state index contributed by atoms with van der Waals surface area (Å²) in [6, 6.07) is 0. The van der Waals surface area contributed by atoms with Gasteiger partial charge in [-0.15, -0.1) is 0 Å². The average Bonchev–Trinajstić information content (AvgIpc) is 2.46. The van der Waals surface area contributed by atoms with Crippen molar-refractivity contribution < 1.29 is 9.53 Å². The van der Waals surface area contributed by atoms with Crippen molar-refractivity contribution in [3.8, 4) is 0 Å². The summed E-state index contributed by atoms with van der Waals surface area (Å²) in [5, 5.41) is 2.99. The van der Waals surface area contributed by atoms with E-state index in [4.69, 9.17) is 10.5 Å². The number of nitrogens with zero attached hydrogens (tertiary/aromatic N) is 1. The maximum atomic E-state index is 11.4. The molecule has 2 aliphatic rings. The van der Waals surface area contributed by atoms with E-state index < -0.39 is 0 Å². The van der Waals surface area contributed by atoms with Gasteiger partial charge in [0.25, 0.3) is 0 Å². The van der Waals surface area contributed by atoms with Gasteiger partial charge in [-0.25, -0.2) is 0 Å². The molecule has 1 amide bonds. The summed E-state index contributed by atoms with van der Waals surface area (Å²) in [6.45, 7) is 4.42. The third-order valence-corrected chi connectivity index (χ3v) is 4.27. The minimum Gasteiger partial charge on any atom is -0.379 e. The predicted molar refractivity (Wildman–Crippen MR) is 70.3 cm³/mol. The van der Waals surface area contributed by atoms with Crippen molar-refractivity contribution in [1.82, 2.24) is 10.2 Å². The fourth-order valence-corrected chi connectivity index (χ4v) is 3.19. The number of hydrogen-bond acceptors (Lipinski definition) is 4. The van der Waals surface area contributed by atoms with Crippen LogP contribution in [0.15, 0.2) is 0 Å². The summed E-state index contributed by atoms with van der Waals surface area (Å²) in [7, 11) is 0. The molecule has 2 rings (SSSR count). The van der Waals surface area contributed by atoms with Gasteiger partial charge in [0, 0.05) is 25.2 Å². The number of carbonyl (C=O) groups is 1. The predicted octanol–water partition coefficient (Wildman–Crippen LogP) is 0.0964. The highest BCUT2D eigenvalue weighted by Gasteiger charge is 2.38. The van der Waals surface area contributed by atoms with Crippen LogP contribution >= 0.6 is 0 Å². The van der Waals surface area contributed by atoms with E-state index in [0.717, 1.165) is 32.8 Å². The number of rotatable bonds is 4. The topological polar surface area (TPSA) is 67.6 Å². The number of nitrogens with one attached hydrogen (secondary N) is 1. The Kier molecular flexibility index (Phi) is 4.97. The minimum absolute atomic E-state index is 0.0480. The van der Waals surface area contributed by atoms with E-state index in [2.05, 4.69) is 10.2 Å². The zero-order chi connectivity index (χ0) is 12.8. The third kappa shape index (κ3) is 3.22. The number of ether oxygens (including phenoxy) is 1. The van der Waals surface area contributed by atoms with Crippen LogP contribution in [0.5, 0.6) is 0 Å². The highest BCUT2D eigenvalue weighted by Crippen LogP contribution is 2.33. The van der Waals surface area contributed by atoms with Crippen LogP contribution in [0.25, 0.3) is 0 Å². The lowest BCUT2D eigenvalue weighted by Crippen LogP contribution is -2.60. The van der Waals surface area contributed by atoms with Gasteiger partial charge >= 0.3 is 0 Å². The Morgan fingerprint density at radius 1 is 1.22 bits per heavy atom. The molecule has 1 saturated heterocycles. The Labute approximate surface area is 109 Å². The van der Waals surface area contributed by atoms with E-state index in [1.54, 1.807) is 0 Å². The summed E-state index contributed by atoms with van der Waals surface area (Å²) in [5.74, 6) is -0.0480. The molecule has 0 aromatic carbocycles. The second-order valence-electron chi connectivity index (χ2n) is 5.37. The maximum absolute atomic E-state index is 11.4. The summed E-state index contributed by atoms with van der Waals surface area (Å²) >= 11 is 0. The first-order valence-corrected chi connectivity index (χ1v) is 7.06. The van der Waals surface area contributed by atoms with Gasteiger partial charge in [-0.3, -0.25) is 9.69 Å². The van der Waals surface area contributed by atoms with Crippen LogP contribution in [0.1, 0.15) is 32.1 Å². The van der Waals surface area contributed by atoms with Crippen LogP contribution in [0.4, 0.5) is 0 Å². The van der Waals surface area contributed by atoms with Gasteiger partial charge in [0.05, 0.1) is 19.8 Å². The molecular weight excluding hydrogens is 230 g/mol. The molecule has 3 N–H and O–H groups in total. The standard InChI is InChI=1S/C13H25N3O2/c14-10-12(17)15-11-13(4-2-1-3-5-13)16-6-8-18-9-7-16/h1-11,14H2,(H,15,17). The molecule has 18 heavy (non-hydrogen) atoms. The van der Waals surface area contributed by atoms with Crippen molar-refractivity contribution in [3.63, 3.8) is 0 Å². The minimum atomic E-state index is -0.0480. The lowest BCUT2D eigenvalue weighted by molar-refractivity contribution is -0.121. The largest absolute Gasteiger partial charge is 0.379 e. The first-order chi connectivity index (χ1) is 8.77. The van der Waals surface area contributed by atoms with Crippen LogP contribution in [-0.4, -0.2) is 55.7 Å². The number of hydrogen-bond donors (Lipinski definition) is 2. The Hall–Kier alpha value is -0.650. The van der Waals surface area contributed by atoms with Crippen molar-refractivity contribution >= 4 is 5.91 Å². The van der Waals surface area contributed by atoms with Gasteiger partial charge in [0.2, 0.25) is 5.91 Å². The van der Waals surface area contributed by atoms with Crippen molar-refractivity contribution in [2.45, 2.75) is 37.6 Å². The normalized spacial score (nSPS) is 24.7. The van der Waals surface area contributed by atoms with E-state index in [-0.39, 0.29) is 18.0 Å². The van der Waals surface area contributed by atoms with Crippen LogP contribution in [0.2, 0.25) is 0 Å². The molecular formula is C13H25N3O2. The van der Waals surface area contributed by atoms with E-state index in [1.807, 2.05) is 0 Å². The number of nitrogens with two attached hydrogens (primary N) is 1. The summed E-state index contributed by atoms with van der Waals surface area (Å²) in [4.78, 5) is 13.9. The molecule has 0 aromatic rings. The number of amides is 1.